The van der Waals surface area contributed by atoms with E-state index in [0.717, 1.165) is 24.6 Å². The number of unbranched alkanes of at least 4 members (excludes halogenated alkanes) is 1. The fourth-order valence-electron chi connectivity index (χ4n) is 4.02. The van der Waals surface area contributed by atoms with Gasteiger partial charge in [0.15, 0.2) is 0 Å². The summed E-state index contributed by atoms with van der Waals surface area (Å²) >= 11 is 0. The van der Waals surface area contributed by atoms with Gasteiger partial charge in [-0.25, -0.2) is 14.4 Å². The highest BCUT2D eigenvalue weighted by molar-refractivity contribution is 5.97. The van der Waals surface area contributed by atoms with Crippen LogP contribution in [0.1, 0.15) is 44.6 Å². The summed E-state index contributed by atoms with van der Waals surface area (Å²) in [5.41, 5.74) is 0.913. The van der Waals surface area contributed by atoms with Crippen LogP contribution in [0.25, 0.3) is 0 Å². The number of carbonyl (C=O) groups is 3. The second-order valence-corrected chi connectivity index (χ2v) is 8.34. The molecule has 0 radical (unpaired) electrons. The standard InChI is InChI=1S/C25H31FN4O4/c1-2-3-10-20(16-29(18-31)34-17-19-8-5-4-6-9-19)25(33)30-14-7-11-22(30)24(32)28-23-13-12-21(26)15-27-23/h4-6,8-9,12-13,15,18,20,22H,2-3,7,10-11,14,16-17H2,1H3,(H,27,28,32)/t20-,22+/m1/s1. The van der Waals surface area contributed by atoms with Crippen molar-refractivity contribution in [1.82, 2.24) is 14.9 Å². The van der Waals surface area contributed by atoms with Gasteiger partial charge in [0.05, 0.1) is 18.7 Å². The number of benzene rings is 1. The number of likely N-dealkylation sites (tertiary alicyclic amines) is 1. The third kappa shape index (κ3) is 7.08. The predicted octanol–water partition coefficient (Wildman–Crippen LogP) is 3.55. The summed E-state index contributed by atoms with van der Waals surface area (Å²) in [5, 5.41) is 3.83. The smallest absolute Gasteiger partial charge is 0.248 e. The number of amides is 3. The highest BCUT2D eigenvalue weighted by Gasteiger charge is 2.37. The Labute approximate surface area is 199 Å². The minimum Gasteiger partial charge on any atom is -0.330 e. The predicted molar refractivity (Wildman–Crippen MR) is 125 cm³/mol. The zero-order chi connectivity index (χ0) is 24.3. The summed E-state index contributed by atoms with van der Waals surface area (Å²) in [5.74, 6) is -1.28. The van der Waals surface area contributed by atoms with E-state index in [9.17, 15) is 18.8 Å². The molecular weight excluding hydrogens is 439 g/mol. The molecule has 0 spiro atoms. The third-order valence-corrected chi connectivity index (χ3v) is 5.83. The molecule has 1 N–H and O–H groups in total. The summed E-state index contributed by atoms with van der Waals surface area (Å²) in [4.78, 5) is 49.1. The molecule has 1 fully saturated rings. The maximum Gasteiger partial charge on any atom is 0.248 e. The van der Waals surface area contributed by atoms with Gasteiger partial charge in [-0.15, -0.1) is 0 Å². The first-order chi connectivity index (χ1) is 16.5. The zero-order valence-electron chi connectivity index (χ0n) is 19.4. The Bertz CT molecular complexity index is 942. The molecule has 3 amide bonds. The van der Waals surface area contributed by atoms with Gasteiger partial charge in [-0.05, 0) is 37.0 Å². The molecule has 34 heavy (non-hydrogen) atoms. The van der Waals surface area contributed by atoms with Gasteiger partial charge in [0.1, 0.15) is 24.3 Å². The fourth-order valence-corrected chi connectivity index (χ4v) is 4.02. The normalized spacial score (nSPS) is 16.2. The minimum absolute atomic E-state index is 0.111. The number of halogens is 1. The average molecular weight is 471 g/mol. The second kappa shape index (κ2) is 12.8. The molecule has 2 atom stereocenters. The van der Waals surface area contributed by atoms with Gasteiger partial charge >= 0.3 is 0 Å². The maximum absolute atomic E-state index is 13.5. The molecule has 1 aromatic carbocycles. The van der Waals surface area contributed by atoms with Gasteiger partial charge in [0.2, 0.25) is 18.2 Å². The molecule has 1 saturated heterocycles. The van der Waals surface area contributed by atoms with Crippen molar-refractivity contribution in [3.05, 3.63) is 60.0 Å². The van der Waals surface area contributed by atoms with Gasteiger partial charge in [0, 0.05) is 6.54 Å². The number of rotatable bonds is 12. The van der Waals surface area contributed by atoms with Gasteiger partial charge in [0.25, 0.3) is 0 Å². The van der Waals surface area contributed by atoms with Crippen molar-refractivity contribution in [2.24, 2.45) is 5.92 Å². The highest BCUT2D eigenvalue weighted by atomic mass is 19.1. The first kappa shape index (κ1) is 25.3. The molecule has 9 heteroatoms. The van der Waals surface area contributed by atoms with E-state index >= 15 is 0 Å². The van der Waals surface area contributed by atoms with Crippen molar-refractivity contribution in [2.45, 2.75) is 51.7 Å². The van der Waals surface area contributed by atoms with Gasteiger partial charge in [-0.1, -0.05) is 50.1 Å². The highest BCUT2D eigenvalue weighted by Crippen LogP contribution is 2.24. The van der Waals surface area contributed by atoms with E-state index in [4.69, 9.17) is 4.84 Å². The summed E-state index contributed by atoms with van der Waals surface area (Å²) in [6.07, 6.45) is 5.13. The number of nitrogens with zero attached hydrogens (tertiary/aromatic N) is 3. The molecule has 182 valence electrons. The number of pyridine rings is 1. The van der Waals surface area contributed by atoms with Crippen LogP contribution in [0.3, 0.4) is 0 Å². The van der Waals surface area contributed by atoms with Crippen molar-refractivity contribution in [1.29, 1.82) is 0 Å². The second-order valence-electron chi connectivity index (χ2n) is 8.34. The number of aromatic nitrogens is 1. The van der Waals surface area contributed by atoms with E-state index in [-0.39, 0.29) is 30.8 Å². The molecule has 1 aliphatic heterocycles. The van der Waals surface area contributed by atoms with Crippen molar-refractivity contribution in [2.75, 3.05) is 18.4 Å². The van der Waals surface area contributed by atoms with Crippen LogP contribution in [0.2, 0.25) is 0 Å². The Kier molecular flexibility index (Phi) is 9.51. The number of hydrogen-bond donors (Lipinski definition) is 1. The average Bonchev–Trinajstić information content (AvgIpc) is 3.35. The van der Waals surface area contributed by atoms with Crippen molar-refractivity contribution in [3.63, 3.8) is 0 Å². The molecule has 8 nitrogen and oxygen atoms in total. The van der Waals surface area contributed by atoms with Crippen LogP contribution in [0.15, 0.2) is 48.7 Å². The monoisotopic (exact) mass is 470 g/mol. The van der Waals surface area contributed by atoms with Gasteiger partial charge in [-0.3, -0.25) is 19.2 Å². The van der Waals surface area contributed by atoms with E-state index in [2.05, 4.69) is 10.3 Å². The fraction of sp³-hybridized carbons (Fsp3) is 0.440. The van der Waals surface area contributed by atoms with Crippen LogP contribution >= 0.6 is 0 Å². The largest absolute Gasteiger partial charge is 0.330 e. The van der Waals surface area contributed by atoms with E-state index in [1.807, 2.05) is 37.3 Å². The molecule has 0 unspecified atom stereocenters. The van der Waals surface area contributed by atoms with Crippen LogP contribution in [0.4, 0.5) is 10.2 Å². The van der Waals surface area contributed by atoms with Crippen molar-refractivity contribution >= 4 is 24.0 Å². The topological polar surface area (TPSA) is 91.8 Å². The van der Waals surface area contributed by atoms with E-state index in [1.54, 1.807) is 4.90 Å². The quantitative estimate of drug-likeness (QED) is 0.378. The van der Waals surface area contributed by atoms with E-state index in [0.29, 0.717) is 32.2 Å². The van der Waals surface area contributed by atoms with Crippen molar-refractivity contribution in [3.8, 4) is 0 Å². The number of nitrogens with one attached hydrogen (secondary N) is 1. The SMILES string of the molecule is CCCC[C@H](CN(C=O)OCc1ccccc1)C(=O)N1CCC[C@H]1C(=O)Nc1ccc(F)cn1. The van der Waals surface area contributed by atoms with Crippen LogP contribution in [0, 0.1) is 11.7 Å². The van der Waals surface area contributed by atoms with Gasteiger partial charge < -0.3 is 10.2 Å². The number of carbonyl (C=O) groups excluding carboxylic acids is 3. The summed E-state index contributed by atoms with van der Waals surface area (Å²) in [7, 11) is 0. The van der Waals surface area contributed by atoms with Crippen LogP contribution in [-0.4, -0.2) is 52.3 Å². The lowest BCUT2D eigenvalue weighted by molar-refractivity contribution is -0.183. The first-order valence-corrected chi connectivity index (χ1v) is 11.6. The molecule has 1 aliphatic rings. The van der Waals surface area contributed by atoms with Crippen LogP contribution in [-0.2, 0) is 25.8 Å². The zero-order valence-corrected chi connectivity index (χ0v) is 19.4. The lowest BCUT2D eigenvalue weighted by atomic mass is 9.99. The Morgan fingerprint density at radius 2 is 2.09 bits per heavy atom. The number of anilines is 1. The molecule has 3 rings (SSSR count). The Hall–Kier alpha value is -3.33. The van der Waals surface area contributed by atoms with Gasteiger partial charge in [-0.2, -0.15) is 0 Å². The molecule has 0 saturated carbocycles. The Balaban J connectivity index is 1.65. The molecule has 2 heterocycles. The van der Waals surface area contributed by atoms with Crippen molar-refractivity contribution < 1.29 is 23.6 Å². The summed E-state index contributed by atoms with van der Waals surface area (Å²) in [6.45, 7) is 2.82. The molecular formula is C25H31FN4O4. The number of hydroxylamine groups is 2. The lowest BCUT2D eigenvalue weighted by Crippen LogP contribution is -2.47. The summed E-state index contributed by atoms with van der Waals surface area (Å²) < 4.78 is 13.1. The van der Waals surface area contributed by atoms with E-state index in [1.165, 1.54) is 17.2 Å². The minimum atomic E-state index is -0.640. The number of hydrogen-bond acceptors (Lipinski definition) is 5. The molecule has 2 aromatic rings. The molecule has 0 bridgehead atoms. The summed E-state index contributed by atoms with van der Waals surface area (Å²) in [6, 6.07) is 11.4. The first-order valence-electron chi connectivity index (χ1n) is 11.6. The maximum atomic E-state index is 13.5. The lowest BCUT2D eigenvalue weighted by Gasteiger charge is -2.30. The van der Waals surface area contributed by atoms with E-state index < -0.39 is 17.8 Å². The van der Waals surface area contributed by atoms with Crippen LogP contribution < -0.4 is 5.32 Å². The Morgan fingerprint density at radius 1 is 1.29 bits per heavy atom. The molecule has 1 aromatic heterocycles. The molecule has 0 aliphatic carbocycles. The Morgan fingerprint density at radius 3 is 2.76 bits per heavy atom. The van der Waals surface area contributed by atoms with Crippen LogP contribution in [0.5, 0.6) is 0 Å². The third-order valence-electron chi connectivity index (χ3n) is 5.83.